The molecule has 0 heterocycles. The van der Waals surface area contributed by atoms with Crippen LogP contribution in [0.4, 0.5) is 14.5 Å². The molecule has 3 aromatic rings. The van der Waals surface area contributed by atoms with Gasteiger partial charge in [-0.3, -0.25) is 13.9 Å². The number of benzene rings is 3. The van der Waals surface area contributed by atoms with Gasteiger partial charge in [-0.25, -0.2) is 17.2 Å². The molecule has 0 aliphatic rings. The third-order valence-corrected chi connectivity index (χ3v) is 7.58. The van der Waals surface area contributed by atoms with E-state index in [4.69, 9.17) is 23.2 Å². The molecule has 0 radical (unpaired) electrons. The lowest BCUT2D eigenvalue weighted by molar-refractivity contribution is -0.140. The Labute approximate surface area is 236 Å². The normalized spacial score (nSPS) is 12.1. The number of nitrogens with one attached hydrogen (secondary N) is 1. The number of hydrogen-bond donors (Lipinski definition) is 1. The monoisotopic (exact) mass is 597 g/mol. The molecule has 1 N–H and O–H groups in total. The number of halogens is 4. The Kier molecular flexibility index (Phi) is 10.3. The zero-order valence-electron chi connectivity index (χ0n) is 21.2. The van der Waals surface area contributed by atoms with E-state index in [2.05, 4.69) is 5.32 Å². The number of amides is 2. The lowest BCUT2D eigenvalue weighted by Crippen LogP contribution is -2.53. The van der Waals surface area contributed by atoms with Crippen LogP contribution in [0.15, 0.2) is 66.7 Å². The Morgan fingerprint density at radius 2 is 1.67 bits per heavy atom. The number of likely N-dealkylation sites (N-methyl/N-ethyl adjacent to an activating group) is 1. The van der Waals surface area contributed by atoms with Crippen molar-refractivity contribution in [2.24, 2.45) is 0 Å². The predicted molar refractivity (Wildman–Crippen MR) is 148 cm³/mol. The Morgan fingerprint density at radius 3 is 2.26 bits per heavy atom. The van der Waals surface area contributed by atoms with E-state index in [1.54, 1.807) is 43.3 Å². The van der Waals surface area contributed by atoms with Crippen molar-refractivity contribution in [1.82, 2.24) is 10.2 Å². The number of rotatable bonds is 11. The Bertz CT molecular complexity index is 1440. The summed E-state index contributed by atoms with van der Waals surface area (Å²) >= 11 is 12.4. The lowest BCUT2D eigenvalue weighted by atomic mass is 10.0. The van der Waals surface area contributed by atoms with Gasteiger partial charge in [-0.1, -0.05) is 59.6 Å². The molecule has 3 aromatic carbocycles. The van der Waals surface area contributed by atoms with E-state index in [9.17, 15) is 26.8 Å². The molecule has 0 saturated carbocycles. The van der Waals surface area contributed by atoms with E-state index in [0.717, 1.165) is 24.0 Å². The zero-order valence-corrected chi connectivity index (χ0v) is 23.5. The summed E-state index contributed by atoms with van der Waals surface area (Å²) in [6.07, 6.45) is 0.959. The van der Waals surface area contributed by atoms with Gasteiger partial charge in [0.15, 0.2) is 11.6 Å². The molecule has 0 spiro atoms. The molecule has 7 nitrogen and oxygen atoms in total. The predicted octanol–water partition coefficient (Wildman–Crippen LogP) is 4.81. The molecule has 12 heteroatoms. The maximum absolute atomic E-state index is 14.0. The van der Waals surface area contributed by atoms with Gasteiger partial charge in [0.25, 0.3) is 0 Å². The van der Waals surface area contributed by atoms with Crippen LogP contribution in [-0.4, -0.2) is 50.5 Å². The van der Waals surface area contributed by atoms with E-state index in [0.29, 0.717) is 21.0 Å². The highest BCUT2D eigenvalue weighted by Gasteiger charge is 2.33. The zero-order chi connectivity index (χ0) is 28.7. The van der Waals surface area contributed by atoms with E-state index >= 15 is 0 Å². The highest BCUT2D eigenvalue weighted by molar-refractivity contribution is 7.92. The van der Waals surface area contributed by atoms with Crippen molar-refractivity contribution in [2.75, 3.05) is 23.7 Å². The van der Waals surface area contributed by atoms with Gasteiger partial charge in [-0.15, -0.1) is 0 Å². The van der Waals surface area contributed by atoms with Gasteiger partial charge in [0.1, 0.15) is 12.6 Å². The molecular weight excluding hydrogens is 571 g/mol. The fourth-order valence-electron chi connectivity index (χ4n) is 3.93. The van der Waals surface area contributed by atoms with Crippen molar-refractivity contribution in [2.45, 2.75) is 25.9 Å². The molecule has 0 aliphatic carbocycles. The van der Waals surface area contributed by atoms with Gasteiger partial charge in [0.2, 0.25) is 21.8 Å². The van der Waals surface area contributed by atoms with Crippen molar-refractivity contribution < 1.29 is 26.8 Å². The second-order valence-corrected chi connectivity index (χ2v) is 11.5. The van der Waals surface area contributed by atoms with Crippen LogP contribution < -0.4 is 9.62 Å². The highest BCUT2D eigenvalue weighted by Crippen LogP contribution is 2.26. The summed E-state index contributed by atoms with van der Waals surface area (Å²) in [5, 5.41) is 3.34. The number of sulfonamides is 1. The third-order valence-electron chi connectivity index (χ3n) is 5.85. The molecule has 0 bridgehead atoms. The van der Waals surface area contributed by atoms with Gasteiger partial charge in [0, 0.05) is 35.6 Å². The fourth-order valence-corrected chi connectivity index (χ4v) is 5.24. The molecule has 0 fully saturated rings. The molecule has 0 saturated heterocycles. The van der Waals surface area contributed by atoms with E-state index in [1.807, 2.05) is 6.07 Å². The molecule has 1 unspecified atom stereocenters. The average molecular weight is 598 g/mol. The van der Waals surface area contributed by atoms with Crippen LogP contribution in [0, 0.1) is 11.6 Å². The second-order valence-electron chi connectivity index (χ2n) is 8.73. The molecule has 3 rings (SSSR count). The molecule has 1 atom stereocenters. The number of carbonyl (C=O) groups excluding carboxylic acids is 2. The number of hydrogen-bond acceptors (Lipinski definition) is 4. The van der Waals surface area contributed by atoms with Crippen LogP contribution in [0.3, 0.4) is 0 Å². The smallest absolute Gasteiger partial charge is 0.244 e. The summed E-state index contributed by atoms with van der Waals surface area (Å²) < 4.78 is 53.5. The quantitative estimate of drug-likeness (QED) is 0.343. The molecule has 208 valence electrons. The van der Waals surface area contributed by atoms with Crippen molar-refractivity contribution in [1.29, 1.82) is 0 Å². The van der Waals surface area contributed by atoms with Crippen molar-refractivity contribution in [3.8, 4) is 0 Å². The summed E-state index contributed by atoms with van der Waals surface area (Å²) in [6, 6.07) is 15.1. The minimum absolute atomic E-state index is 0.119. The van der Waals surface area contributed by atoms with Crippen molar-refractivity contribution in [3.05, 3.63) is 99.5 Å². The Morgan fingerprint density at radius 1 is 0.974 bits per heavy atom. The van der Waals surface area contributed by atoms with Crippen LogP contribution in [0.2, 0.25) is 10.0 Å². The molecule has 0 aliphatic heterocycles. The summed E-state index contributed by atoms with van der Waals surface area (Å²) in [4.78, 5) is 28.4. The molecule has 2 amide bonds. The largest absolute Gasteiger partial charge is 0.355 e. The first-order valence-corrected chi connectivity index (χ1v) is 14.5. The van der Waals surface area contributed by atoms with Gasteiger partial charge in [-0.05, 0) is 42.3 Å². The SMILES string of the molecule is CCNC(=O)C(Cc1ccccc1)N(Cc1ccc(Cl)cc1Cl)C(=O)CN(c1ccc(F)c(F)c1)S(C)(=O)=O. The molecular formula is C27H27Cl2F2N3O4S. The van der Waals surface area contributed by atoms with Crippen molar-refractivity contribution >= 4 is 50.7 Å². The molecule has 39 heavy (non-hydrogen) atoms. The first kappa shape index (κ1) is 30.3. The minimum atomic E-state index is -4.13. The number of carbonyl (C=O) groups is 2. The van der Waals surface area contributed by atoms with Crippen LogP contribution in [0.1, 0.15) is 18.1 Å². The second kappa shape index (κ2) is 13.2. The summed E-state index contributed by atoms with van der Waals surface area (Å²) in [6.45, 7) is 1.09. The van der Waals surface area contributed by atoms with Crippen LogP contribution in [0.25, 0.3) is 0 Å². The summed E-state index contributed by atoms with van der Waals surface area (Å²) in [7, 11) is -4.13. The fraction of sp³-hybridized carbons (Fsp3) is 0.259. The van der Waals surface area contributed by atoms with Gasteiger partial charge >= 0.3 is 0 Å². The lowest BCUT2D eigenvalue weighted by Gasteiger charge is -2.33. The maximum atomic E-state index is 14.0. The molecule has 0 aromatic heterocycles. The van der Waals surface area contributed by atoms with E-state index in [1.165, 1.54) is 11.0 Å². The van der Waals surface area contributed by atoms with Crippen LogP contribution in [0.5, 0.6) is 0 Å². The number of anilines is 1. The van der Waals surface area contributed by atoms with Gasteiger partial charge < -0.3 is 10.2 Å². The maximum Gasteiger partial charge on any atom is 0.244 e. The van der Waals surface area contributed by atoms with E-state index in [-0.39, 0.29) is 30.2 Å². The van der Waals surface area contributed by atoms with Crippen molar-refractivity contribution in [3.63, 3.8) is 0 Å². The van der Waals surface area contributed by atoms with Gasteiger partial charge in [0.05, 0.1) is 11.9 Å². The first-order chi connectivity index (χ1) is 18.4. The minimum Gasteiger partial charge on any atom is -0.355 e. The van der Waals surface area contributed by atoms with Crippen LogP contribution in [-0.2, 0) is 32.6 Å². The standard InChI is InChI=1S/C27H27Cl2F2N3O4S/c1-3-32-27(36)25(13-18-7-5-4-6-8-18)33(16-19-9-10-20(28)14-22(19)29)26(35)17-34(39(2,37)38)21-11-12-23(30)24(31)15-21/h4-12,14-15,25H,3,13,16-17H2,1-2H3,(H,32,36). The Balaban J connectivity index is 2.07. The average Bonchev–Trinajstić information content (AvgIpc) is 2.87. The summed E-state index contributed by atoms with van der Waals surface area (Å²) in [5.74, 6) is -3.67. The first-order valence-electron chi connectivity index (χ1n) is 11.9. The number of nitrogens with zero attached hydrogens (tertiary/aromatic N) is 2. The highest BCUT2D eigenvalue weighted by atomic mass is 35.5. The van der Waals surface area contributed by atoms with E-state index < -0.39 is 46.1 Å². The van der Waals surface area contributed by atoms with Crippen LogP contribution >= 0.6 is 23.2 Å². The Hall–Kier alpha value is -3.21. The third kappa shape index (κ3) is 8.14. The summed E-state index contributed by atoms with van der Waals surface area (Å²) in [5.41, 5.74) is 0.983. The topological polar surface area (TPSA) is 86.8 Å². The van der Waals surface area contributed by atoms with Gasteiger partial charge in [-0.2, -0.15) is 0 Å².